The van der Waals surface area contributed by atoms with Crippen molar-refractivity contribution in [3.05, 3.63) is 83.4 Å². The summed E-state index contributed by atoms with van der Waals surface area (Å²) in [4.78, 5) is 23.6. The Kier molecular flexibility index (Phi) is 5.03. The number of carbonyl (C=O) groups excluding carboxylic acids is 1. The van der Waals surface area contributed by atoms with Gasteiger partial charge in [-0.15, -0.1) is 0 Å². The van der Waals surface area contributed by atoms with Crippen LogP contribution in [0.3, 0.4) is 0 Å². The number of fused-ring (bicyclic) bond motifs is 1. The Morgan fingerprint density at radius 3 is 2.88 bits per heavy atom. The van der Waals surface area contributed by atoms with Gasteiger partial charge in [-0.25, -0.2) is 18.3 Å². The molecule has 33 heavy (non-hydrogen) atoms. The van der Waals surface area contributed by atoms with E-state index in [0.29, 0.717) is 41.4 Å². The molecule has 1 saturated heterocycles. The molecular weight excluding hydrogens is 426 g/mol. The first-order valence-electron chi connectivity index (χ1n) is 10.7. The summed E-state index contributed by atoms with van der Waals surface area (Å²) < 4.78 is 30.2. The monoisotopic (exact) mass is 448 g/mol. The zero-order chi connectivity index (χ0) is 23.2. The van der Waals surface area contributed by atoms with Gasteiger partial charge in [0.15, 0.2) is 5.65 Å². The maximum Gasteiger partial charge on any atom is 0.274 e. The molecule has 0 unspecified atom stereocenters. The number of aromatic nitrogens is 4. The smallest absolute Gasteiger partial charge is 0.274 e. The highest BCUT2D eigenvalue weighted by Crippen LogP contribution is 2.42. The Morgan fingerprint density at radius 2 is 2.06 bits per heavy atom. The molecule has 1 atom stereocenters. The highest BCUT2D eigenvalue weighted by molar-refractivity contribution is 6.05. The maximum absolute atomic E-state index is 14.7. The number of anilines is 2. The second-order valence-corrected chi connectivity index (χ2v) is 8.39. The van der Waals surface area contributed by atoms with E-state index in [9.17, 15) is 13.6 Å². The molecule has 1 N–H and O–H groups in total. The molecular formula is C24H22F2N6O. The van der Waals surface area contributed by atoms with Gasteiger partial charge < -0.3 is 10.2 Å². The predicted molar refractivity (Wildman–Crippen MR) is 120 cm³/mol. The number of amides is 1. The van der Waals surface area contributed by atoms with E-state index in [0.717, 1.165) is 24.1 Å². The molecule has 4 heterocycles. The maximum atomic E-state index is 14.7. The first kappa shape index (κ1) is 21.0. The molecule has 1 aliphatic rings. The molecule has 0 spiro atoms. The van der Waals surface area contributed by atoms with Crippen LogP contribution in [0.15, 0.2) is 55.0 Å². The van der Waals surface area contributed by atoms with Crippen LogP contribution in [0.4, 0.5) is 20.3 Å². The number of rotatable bonds is 4. The second-order valence-electron chi connectivity index (χ2n) is 8.39. The molecule has 4 aromatic rings. The highest BCUT2D eigenvalue weighted by atomic mass is 19.1. The van der Waals surface area contributed by atoms with Gasteiger partial charge in [-0.2, -0.15) is 5.10 Å². The number of hydrogen-bond acceptors (Lipinski definition) is 5. The van der Waals surface area contributed by atoms with Crippen LogP contribution in [-0.4, -0.2) is 32.0 Å². The fraction of sp³-hybridized carbons (Fsp3) is 0.250. The molecule has 168 valence electrons. The molecule has 0 saturated carbocycles. The Labute approximate surface area is 189 Å². The Morgan fingerprint density at radius 1 is 1.21 bits per heavy atom. The van der Waals surface area contributed by atoms with Crippen molar-refractivity contribution in [3.63, 3.8) is 0 Å². The number of nitrogens with one attached hydrogen (secondary N) is 1. The van der Waals surface area contributed by atoms with Crippen molar-refractivity contribution in [1.82, 2.24) is 19.6 Å². The van der Waals surface area contributed by atoms with Crippen molar-refractivity contribution in [2.45, 2.75) is 32.2 Å². The minimum Gasteiger partial charge on any atom is -0.347 e. The van der Waals surface area contributed by atoms with Gasteiger partial charge in [0.25, 0.3) is 5.91 Å². The summed E-state index contributed by atoms with van der Waals surface area (Å²) in [6.07, 6.45) is 6.29. The fourth-order valence-electron chi connectivity index (χ4n) is 4.52. The minimum absolute atomic E-state index is 0.300. The summed E-state index contributed by atoms with van der Waals surface area (Å²) >= 11 is 0. The Hall–Kier alpha value is -3.88. The van der Waals surface area contributed by atoms with E-state index in [1.807, 2.05) is 24.8 Å². The van der Waals surface area contributed by atoms with Crippen LogP contribution in [0.2, 0.25) is 0 Å². The molecule has 3 aromatic heterocycles. The van der Waals surface area contributed by atoms with Gasteiger partial charge in [-0.3, -0.25) is 9.78 Å². The van der Waals surface area contributed by atoms with Crippen LogP contribution >= 0.6 is 0 Å². The van der Waals surface area contributed by atoms with Crippen molar-refractivity contribution in [2.24, 2.45) is 0 Å². The van der Waals surface area contributed by atoms with Crippen LogP contribution in [0.1, 0.15) is 41.4 Å². The molecule has 0 aliphatic carbocycles. The zero-order valence-electron chi connectivity index (χ0n) is 18.2. The average molecular weight is 448 g/mol. The van der Waals surface area contributed by atoms with Crippen LogP contribution in [-0.2, 0) is 5.54 Å². The summed E-state index contributed by atoms with van der Waals surface area (Å²) in [5, 5.41) is 7.10. The Balaban J connectivity index is 1.51. The molecule has 0 bridgehead atoms. The summed E-state index contributed by atoms with van der Waals surface area (Å²) in [6.45, 7) is 4.35. The van der Waals surface area contributed by atoms with E-state index in [1.165, 1.54) is 12.3 Å². The van der Waals surface area contributed by atoms with Crippen molar-refractivity contribution >= 4 is 23.1 Å². The number of nitrogens with zero attached hydrogens (tertiary/aromatic N) is 5. The fourth-order valence-corrected chi connectivity index (χ4v) is 4.52. The van der Waals surface area contributed by atoms with Gasteiger partial charge in [0.1, 0.15) is 28.8 Å². The van der Waals surface area contributed by atoms with Gasteiger partial charge in [0.05, 0.1) is 11.7 Å². The van der Waals surface area contributed by atoms with Crippen LogP contribution in [0.5, 0.6) is 0 Å². The van der Waals surface area contributed by atoms with E-state index < -0.39 is 17.2 Å². The molecule has 1 fully saturated rings. The SMILES string of the molecule is Cc1cccnc1C(=O)Nc1cnn2ccc(N3CCC[C@]3(C)c3cc(F)ccc3F)nc12. The van der Waals surface area contributed by atoms with E-state index in [4.69, 9.17) is 4.98 Å². The zero-order valence-corrected chi connectivity index (χ0v) is 18.2. The molecule has 5 rings (SSSR count). The van der Waals surface area contributed by atoms with E-state index in [-0.39, 0.29) is 5.91 Å². The normalized spacial score (nSPS) is 18.1. The molecule has 7 nitrogen and oxygen atoms in total. The minimum atomic E-state index is -0.758. The van der Waals surface area contributed by atoms with Crippen molar-refractivity contribution in [3.8, 4) is 0 Å². The van der Waals surface area contributed by atoms with Crippen molar-refractivity contribution < 1.29 is 13.6 Å². The number of hydrogen-bond donors (Lipinski definition) is 1. The predicted octanol–water partition coefficient (Wildman–Crippen LogP) is 4.48. The van der Waals surface area contributed by atoms with E-state index >= 15 is 0 Å². The Bertz CT molecular complexity index is 1370. The van der Waals surface area contributed by atoms with Gasteiger partial charge >= 0.3 is 0 Å². The quantitative estimate of drug-likeness (QED) is 0.498. The van der Waals surface area contributed by atoms with Crippen molar-refractivity contribution in [2.75, 3.05) is 16.8 Å². The standard InChI is InChI=1S/C24H22F2N6O/c1-15-5-3-10-27-21(15)23(33)29-19-14-28-32-12-8-20(30-22(19)32)31-11-4-9-24(31,2)17-13-16(25)6-7-18(17)26/h3,5-8,10,12-14H,4,9,11H2,1-2H3,(H,29,33)/t24-/m1/s1. The lowest BCUT2D eigenvalue weighted by Crippen LogP contribution is -2.40. The van der Waals surface area contributed by atoms with Crippen LogP contribution in [0, 0.1) is 18.6 Å². The van der Waals surface area contributed by atoms with Crippen LogP contribution in [0.25, 0.3) is 5.65 Å². The molecule has 1 amide bonds. The average Bonchev–Trinajstić information content (AvgIpc) is 3.39. The lowest BCUT2D eigenvalue weighted by molar-refractivity contribution is 0.102. The first-order chi connectivity index (χ1) is 15.9. The highest BCUT2D eigenvalue weighted by Gasteiger charge is 2.41. The number of aryl methyl sites for hydroxylation is 1. The molecule has 1 aliphatic heterocycles. The summed E-state index contributed by atoms with van der Waals surface area (Å²) in [6, 6.07) is 8.91. The third-order valence-corrected chi connectivity index (χ3v) is 6.25. The lowest BCUT2D eigenvalue weighted by Gasteiger charge is -2.37. The van der Waals surface area contributed by atoms with Crippen LogP contribution < -0.4 is 10.2 Å². The van der Waals surface area contributed by atoms with Gasteiger partial charge in [-0.05, 0) is 62.6 Å². The molecule has 1 aromatic carbocycles. The third kappa shape index (κ3) is 3.59. The van der Waals surface area contributed by atoms with Crippen molar-refractivity contribution in [1.29, 1.82) is 0 Å². The topological polar surface area (TPSA) is 75.4 Å². The summed E-state index contributed by atoms with van der Waals surface area (Å²) in [5.74, 6) is -0.692. The number of carbonyl (C=O) groups is 1. The summed E-state index contributed by atoms with van der Waals surface area (Å²) in [7, 11) is 0. The second kappa shape index (κ2) is 7.91. The van der Waals surface area contributed by atoms with Gasteiger partial charge in [0, 0.05) is 24.5 Å². The molecule has 9 heteroatoms. The number of pyridine rings is 1. The van der Waals surface area contributed by atoms with E-state index in [2.05, 4.69) is 15.4 Å². The van der Waals surface area contributed by atoms with Gasteiger partial charge in [-0.1, -0.05) is 6.07 Å². The van der Waals surface area contributed by atoms with Gasteiger partial charge in [0.2, 0.25) is 0 Å². The summed E-state index contributed by atoms with van der Waals surface area (Å²) in [5.41, 5.74) is 1.50. The largest absolute Gasteiger partial charge is 0.347 e. The first-order valence-corrected chi connectivity index (χ1v) is 10.7. The van der Waals surface area contributed by atoms with E-state index in [1.54, 1.807) is 29.0 Å². The number of benzene rings is 1. The lowest BCUT2D eigenvalue weighted by atomic mass is 9.88. The molecule has 0 radical (unpaired) electrons. The third-order valence-electron chi connectivity index (χ3n) is 6.25. The number of halogens is 2.